The van der Waals surface area contributed by atoms with E-state index in [4.69, 9.17) is 9.47 Å². The van der Waals surface area contributed by atoms with Crippen LogP contribution in [0.1, 0.15) is 19.3 Å². The Balaban J connectivity index is 1.40. The van der Waals surface area contributed by atoms with Crippen LogP contribution in [-0.2, 0) is 0 Å². The maximum atomic E-state index is 14.7. The Labute approximate surface area is 203 Å². The third-order valence-electron chi connectivity index (χ3n) is 6.36. The van der Waals surface area contributed by atoms with Gasteiger partial charge in [-0.3, -0.25) is 4.90 Å². The lowest BCUT2D eigenvalue weighted by Crippen LogP contribution is -2.33. The van der Waals surface area contributed by atoms with E-state index in [1.807, 2.05) is 12.1 Å². The number of piperidine rings is 1. The summed E-state index contributed by atoms with van der Waals surface area (Å²) in [4.78, 5) is 2.42. The van der Waals surface area contributed by atoms with E-state index < -0.39 is 11.6 Å². The van der Waals surface area contributed by atoms with Crippen molar-refractivity contribution in [2.45, 2.75) is 19.3 Å². The van der Waals surface area contributed by atoms with Crippen molar-refractivity contribution < 1.29 is 23.4 Å². The number of rotatable bonds is 7. The maximum absolute atomic E-state index is 14.7. The van der Waals surface area contributed by atoms with Crippen molar-refractivity contribution in [3.05, 3.63) is 84.4 Å². The fraction of sp³-hybridized carbons (Fsp3) is 0.241. The van der Waals surface area contributed by atoms with Crippen LogP contribution in [0.3, 0.4) is 0 Å². The molecule has 1 aliphatic heterocycles. The molecular formula is C29H27F2NO3. The molecule has 1 fully saturated rings. The number of halogens is 2. The minimum Gasteiger partial charge on any atom is -0.508 e. The average Bonchev–Trinajstić information content (AvgIpc) is 2.88. The van der Waals surface area contributed by atoms with Crippen LogP contribution in [0.4, 0.5) is 8.78 Å². The summed E-state index contributed by atoms with van der Waals surface area (Å²) in [5.74, 6) is -0.0937. The first-order valence-electron chi connectivity index (χ1n) is 11.9. The van der Waals surface area contributed by atoms with E-state index in [-0.39, 0.29) is 11.3 Å². The van der Waals surface area contributed by atoms with Gasteiger partial charge >= 0.3 is 0 Å². The first-order valence-corrected chi connectivity index (χ1v) is 11.9. The number of phenolic OH excluding ortho intramolecular Hbond substituents is 1. The van der Waals surface area contributed by atoms with Crippen molar-refractivity contribution in [2.24, 2.45) is 0 Å². The molecule has 0 amide bonds. The molecular weight excluding hydrogens is 448 g/mol. The van der Waals surface area contributed by atoms with Gasteiger partial charge in [-0.25, -0.2) is 8.78 Å². The highest BCUT2D eigenvalue weighted by Crippen LogP contribution is 2.41. The number of hydrogen-bond donors (Lipinski definition) is 1. The summed E-state index contributed by atoms with van der Waals surface area (Å²) in [7, 11) is 0. The van der Waals surface area contributed by atoms with Crippen molar-refractivity contribution in [3.63, 3.8) is 0 Å². The molecule has 4 aromatic rings. The Kier molecular flexibility index (Phi) is 6.82. The first-order chi connectivity index (χ1) is 17.1. The monoisotopic (exact) mass is 475 g/mol. The minimum absolute atomic E-state index is 0.104. The van der Waals surface area contributed by atoms with Gasteiger partial charge in [0.1, 0.15) is 29.6 Å². The van der Waals surface area contributed by atoms with E-state index >= 15 is 0 Å². The molecule has 4 aromatic carbocycles. The summed E-state index contributed by atoms with van der Waals surface area (Å²) >= 11 is 0. The summed E-state index contributed by atoms with van der Waals surface area (Å²) in [5, 5.41) is 11.3. The summed E-state index contributed by atoms with van der Waals surface area (Å²) in [5.41, 5.74) is 0.523. The highest BCUT2D eigenvalue weighted by atomic mass is 19.2. The molecule has 0 unspecified atom stereocenters. The van der Waals surface area contributed by atoms with E-state index in [0.717, 1.165) is 36.8 Å². The molecule has 4 nitrogen and oxygen atoms in total. The highest BCUT2D eigenvalue weighted by Gasteiger charge is 2.18. The predicted octanol–water partition coefficient (Wildman–Crippen LogP) is 7.15. The van der Waals surface area contributed by atoms with E-state index in [9.17, 15) is 13.9 Å². The van der Waals surface area contributed by atoms with Crippen LogP contribution in [0.2, 0.25) is 0 Å². The number of phenols is 1. The third-order valence-corrected chi connectivity index (χ3v) is 6.36. The van der Waals surface area contributed by atoms with E-state index in [1.165, 1.54) is 31.4 Å². The molecule has 1 aliphatic rings. The average molecular weight is 476 g/mol. The summed E-state index contributed by atoms with van der Waals surface area (Å²) in [6.07, 6.45) is 3.81. The van der Waals surface area contributed by atoms with Crippen LogP contribution >= 0.6 is 0 Å². The zero-order chi connectivity index (χ0) is 24.2. The number of likely N-dealkylation sites (tertiary alicyclic amines) is 1. The zero-order valence-corrected chi connectivity index (χ0v) is 19.3. The molecule has 5 rings (SSSR count). The van der Waals surface area contributed by atoms with Gasteiger partial charge in [-0.1, -0.05) is 24.6 Å². The van der Waals surface area contributed by atoms with Crippen LogP contribution in [-0.4, -0.2) is 36.2 Å². The lowest BCUT2D eigenvalue weighted by molar-refractivity contribution is 0.183. The number of nitrogens with zero attached hydrogens (tertiary/aromatic N) is 1. The van der Waals surface area contributed by atoms with Crippen LogP contribution in [0.15, 0.2) is 72.8 Å². The fourth-order valence-electron chi connectivity index (χ4n) is 4.52. The smallest absolute Gasteiger partial charge is 0.166 e. The Morgan fingerprint density at radius 1 is 0.800 bits per heavy atom. The molecule has 1 heterocycles. The van der Waals surface area contributed by atoms with Gasteiger partial charge in [0.25, 0.3) is 0 Å². The number of hydrogen-bond acceptors (Lipinski definition) is 4. The lowest BCUT2D eigenvalue weighted by Gasteiger charge is -2.26. The van der Waals surface area contributed by atoms with E-state index in [1.54, 1.807) is 42.5 Å². The minimum atomic E-state index is -0.937. The predicted molar refractivity (Wildman–Crippen MR) is 133 cm³/mol. The molecule has 180 valence electrons. The van der Waals surface area contributed by atoms with E-state index in [2.05, 4.69) is 4.90 Å². The van der Waals surface area contributed by atoms with Crippen LogP contribution < -0.4 is 9.47 Å². The van der Waals surface area contributed by atoms with Gasteiger partial charge in [-0.05, 0) is 85.9 Å². The highest BCUT2D eigenvalue weighted by molar-refractivity contribution is 5.96. The lowest BCUT2D eigenvalue weighted by atomic mass is 9.98. The van der Waals surface area contributed by atoms with Crippen molar-refractivity contribution >= 4 is 10.8 Å². The summed E-state index contributed by atoms with van der Waals surface area (Å²) < 4.78 is 40.8. The van der Waals surface area contributed by atoms with Gasteiger partial charge in [-0.15, -0.1) is 0 Å². The topological polar surface area (TPSA) is 41.9 Å². The second-order valence-electron chi connectivity index (χ2n) is 8.77. The molecule has 0 bridgehead atoms. The molecule has 1 N–H and O–H groups in total. The molecule has 0 radical (unpaired) electrons. The molecule has 35 heavy (non-hydrogen) atoms. The largest absolute Gasteiger partial charge is 0.508 e. The standard InChI is InChI=1S/C29H27F2NO3/c30-27-6-4-5-25(28(27)31)26-13-7-20-19-21(33)8-14-24(20)29(26)35-23-11-9-22(10-12-23)34-18-17-32-15-2-1-3-16-32/h4-14,19,33H,1-3,15-18H2. The van der Waals surface area contributed by atoms with Crippen LogP contribution in [0.25, 0.3) is 21.9 Å². The van der Waals surface area contributed by atoms with Crippen molar-refractivity contribution in [1.82, 2.24) is 4.90 Å². The number of ether oxygens (including phenoxy) is 2. The van der Waals surface area contributed by atoms with Gasteiger partial charge in [0.2, 0.25) is 0 Å². The zero-order valence-electron chi connectivity index (χ0n) is 19.3. The third kappa shape index (κ3) is 5.23. The number of fused-ring (bicyclic) bond motifs is 1. The van der Waals surface area contributed by atoms with E-state index in [0.29, 0.717) is 29.1 Å². The van der Waals surface area contributed by atoms with Crippen molar-refractivity contribution in [1.29, 1.82) is 0 Å². The molecule has 0 saturated carbocycles. The molecule has 0 aliphatic carbocycles. The Bertz CT molecular complexity index is 1320. The SMILES string of the molecule is Oc1ccc2c(Oc3ccc(OCCN4CCCCC4)cc3)c(-c3cccc(F)c3F)ccc2c1. The molecule has 0 spiro atoms. The van der Waals surface area contributed by atoms with Gasteiger partial charge in [0.05, 0.1) is 0 Å². The normalized spacial score (nSPS) is 14.2. The summed E-state index contributed by atoms with van der Waals surface area (Å²) in [6, 6.07) is 19.6. The second kappa shape index (κ2) is 10.3. The fourth-order valence-corrected chi connectivity index (χ4v) is 4.52. The van der Waals surface area contributed by atoms with Crippen LogP contribution in [0, 0.1) is 11.6 Å². The van der Waals surface area contributed by atoms with Gasteiger partial charge < -0.3 is 14.6 Å². The Hall–Kier alpha value is -3.64. The summed E-state index contributed by atoms with van der Waals surface area (Å²) in [6.45, 7) is 3.79. The number of benzene rings is 4. The Morgan fingerprint density at radius 2 is 1.57 bits per heavy atom. The number of aromatic hydroxyl groups is 1. The quantitative estimate of drug-likeness (QED) is 0.308. The van der Waals surface area contributed by atoms with Gasteiger partial charge in [0.15, 0.2) is 11.6 Å². The van der Waals surface area contributed by atoms with Gasteiger partial charge in [-0.2, -0.15) is 0 Å². The van der Waals surface area contributed by atoms with Crippen molar-refractivity contribution in [2.75, 3.05) is 26.2 Å². The second-order valence-corrected chi connectivity index (χ2v) is 8.77. The first kappa shape index (κ1) is 23.1. The molecule has 0 atom stereocenters. The van der Waals surface area contributed by atoms with Crippen molar-refractivity contribution in [3.8, 4) is 34.1 Å². The molecule has 1 saturated heterocycles. The Morgan fingerprint density at radius 3 is 2.37 bits per heavy atom. The van der Waals surface area contributed by atoms with Crippen LogP contribution in [0.5, 0.6) is 23.0 Å². The molecule has 6 heteroatoms. The van der Waals surface area contributed by atoms with Gasteiger partial charge in [0, 0.05) is 23.1 Å². The maximum Gasteiger partial charge on any atom is 0.166 e. The molecule has 0 aromatic heterocycles.